The van der Waals surface area contributed by atoms with Crippen molar-refractivity contribution in [2.75, 3.05) is 4.90 Å². The number of benzene rings is 10. The molecule has 11 aromatic rings. The summed E-state index contributed by atoms with van der Waals surface area (Å²) in [6.07, 6.45) is 0. The summed E-state index contributed by atoms with van der Waals surface area (Å²) in [5.41, 5.74) is 12.9. The van der Waals surface area contributed by atoms with Crippen LogP contribution in [0.2, 0.25) is 0 Å². The lowest BCUT2D eigenvalue weighted by molar-refractivity contribution is 1.14. The van der Waals surface area contributed by atoms with Crippen LogP contribution >= 0.6 is 0 Å². The van der Waals surface area contributed by atoms with Crippen LogP contribution in [0, 0.1) is 0 Å². The number of anilines is 3. The average Bonchev–Trinajstić information content (AvgIpc) is 3.66. The van der Waals surface area contributed by atoms with Gasteiger partial charge in [0.25, 0.3) is 0 Å². The summed E-state index contributed by atoms with van der Waals surface area (Å²) in [5, 5.41) is 8.55. The van der Waals surface area contributed by atoms with Crippen LogP contribution in [0.15, 0.2) is 231 Å². The summed E-state index contributed by atoms with van der Waals surface area (Å²) in [6, 6.07) is 83.7. The topological polar surface area (TPSA) is 8.17 Å². The standard InChI is InChI=1S/C56H38N2/c1-4-18-42(19-5-1)54-52-37-36-50-48(41-31-33-46(34-32-41)57(45-24-8-3-9-25-45)53-29-14-23-40-17-12-13-26-49(40)53)27-15-28-51(50)56(52)58(55(54)43-20-6-2-7-21-43)47-35-30-39-16-10-11-22-44(39)38-47/h1-38H. The smallest absolute Gasteiger partial charge is 0.0620 e. The molecule has 1 aromatic heterocycles. The molecule has 0 aliphatic carbocycles. The van der Waals surface area contributed by atoms with Crippen molar-refractivity contribution >= 4 is 60.3 Å². The Labute approximate surface area is 338 Å². The molecule has 0 saturated heterocycles. The molecule has 0 N–H and O–H groups in total. The van der Waals surface area contributed by atoms with Gasteiger partial charge >= 0.3 is 0 Å². The number of hydrogen-bond donors (Lipinski definition) is 0. The van der Waals surface area contributed by atoms with Crippen molar-refractivity contribution in [3.63, 3.8) is 0 Å². The normalized spacial score (nSPS) is 11.4. The molecular formula is C56H38N2. The Bertz CT molecular complexity index is 3250. The van der Waals surface area contributed by atoms with Gasteiger partial charge in [0.1, 0.15) is 0 Å². The summed E-state index contributed by atoms with van der Waals surface area (Å²) in [4.78, 5) is 2.37. The Hall–Kier alpha value is -7.68. The van der Waals surface area contributed by atoms with Crippen LogP contribution in [0.5, 0.6) is 0 Å². The maximum Gasteiger partial charge on any atom is 0.0620 e. The molecule has 10 aromatic carbocycles. The van der Waals surface area contributed by atoms with Gasteiger partial charge in [-0.1, -0.05) is 188 Å². The highest BCUT2D eigenvalue weighted by Crippen LogP contribution is 2.47. The first kappa shape index (κ1) is 33.6. The molecule has 0 amide bonds. The highest BCUT2D eigenvalue weighted by molar-refractivity contribution is 6.18. The van der Waals surface area contributed by atoms with E-state index in [1.54, 1.807) is 0 Å². The minimum Gasteiger partial charge on any atom is -0.310 e. The first-order chi connectivity index (χ1) is 28.8. The SMILES string of the molecule is c1ccc(-c2c(-c3ccccc3)n(-c3ccc4ccccc4c3)c3c2ccc2c(-c4ccc(N(c5ccccc5)c5cccc6ccccc56)cc4)cccc23)cc1. The first-order valence-corrected chi connectivity index (χ1v) is 19.9. The lowest BCUT2D eigenvalue weighted by Crippen LogP contribution is -2.10. The van der Waals surface area contributed by atoms with E-state index in [1.807, 2.05) is 0 Å². The van der Waals surface area contributed by atoms with E-state index in [1.165, 1.54) is 76.7 Å². The van der Waals surface area contributed by atoms with Crippen LogP contribution in [0.4, 0.5) is 17.1 Å². The molecular weight excluding hydrogens is 701 g/mol. The molecule has 0 aliphatic heterocycles. The molecule has 0 atom stereocenters. The Morgan fingerprint density at radius 1 is 0.328 bits per heavy atom. The zero-order valence-electron chi connectivity index (χ0n) is 31.8. The van der Waals surface area contributed by atoms with Crippen molar-refractivity contribution in [2.45, 2.75) is 0 Å². The number of fused-ring (bicyclic) bond motifs is 5. The maximum atomic E-state index is 2.51. The lowest BCUT2D eigenvalue weighted by Gasteiger charge is -2.27. The van der Waals surface area contributed by atoms with Gasteiger partial charge in [-0.05, 0) is 86.3 Å². The third kappa shape index (κ3) is 5.66. The largest absolute Gasteiger partial charge is 0.310 e. The van der Waals surface area contributed by atoms with Gasteiger partial charge in [-0.25, -0.2) is 0 Å². The molecule has 0 aliphatic rings. The van der Waals surface area contributed by atoms with Gasteiger partial charge in [0.05, 0.1) is 16.9 Å². The maximum absolute atomic E-state index is 2.51. The fourth-order valence-electron chi connectivity index (χ4n) is 8.93. The molecule has 2 heteroatoms. The fourth-order valence-corrected chi connectivity index (χ4v) is 8.93. The Kier molecular flexibility index (Phi) is 8.19. The van der Waals surface area contributed by atoms with E-state index >= 15 is 0 Å². The van der Waals surface area contributed by atoms with E-state index in [-0.39, 0.29) is 0 Å². The van der Waals surface area contributed by atoms with E-state index in [9.17, 15) is 0 Å². The van der Waals surface area contributed by atoms with Gasteiger partial charge < -0.3 is 9.47 Å². The second kappa shape index (κ2) is 14.1. The van der Waals surface area contributed by atoms with Gasteiger partial charge in [0.15, 0.2) is 0 Å². The first-order valence-electron chi connectivity index (χ1n) is 19.9. The highest BCUT2D eigenvalue weighted by Gasteiger charge is 2.24. The monoisotopic (exact) mass is 738 g/mol. The quantitative estimate of drug-likeness (QED) is 0.158. The van der Waals surface area contributed by atoms with Gasteiger partial charge in [-0.2, -0.15) is 0 Å². The molecule has 2 nitrogen and oxygen atoms in total. The minimum absolute atomic E-state index is 1.11. The van der Waals surface area contributed by atoms with Crippen molar-refractivity contribution in [1.29, 1.82) is 0 Å². The van der Waals surface area contributed by atoms with Crippen molar-refractivity contribution in [3.05, 3.63) is 231 Å². The lowest BCUT2D eigenvalue weighted by atomic mass is 9.94. The van der Waals surface area contributed by atoms with E-state index in [2.05, 4.69) is 240 Å². The van der Waals surface area contributed by atoms with Crippen LogP contribution in [0.1, 0.15) is 0 Å². The zero-order valence-corrected chi connectivity index (χ0v) is 31.8. The van der Waals surface area contributed by atoms with Gasteiger partial charge in [0, 0.05) is 38.8 Å². The second-order valence-corrected chi connectivity index (χ2v) is 14.9. The molecule has 0 radical (unpaired) electrons. The molecule has 272 valence electrons. The molecule has 0 unspecified atom stereocenters. The Morgan fingerprint density at radius 3 is 1.69 bits per heavy atom. The van der Waals surface area contributed by atoms with Crippen LogP contribution in [0.25, 0.3) is 82.4 Å². The molecule has 58 heavy (non-hydrogen) atoms. The number of aromatic nitrogens is 1. The minimum atomic E-state index is 1.11. The third-order valence-corrected chi connectivity index (χ3v) is 11.5. The summed E-state index contributed by atoms with van der Waals surface area (Å²) in [5.74, 6) is 0. The van der Waals surface area contributed by atoms with E-state index < -0.39 is 0 Å². The summed E-state index contributed by atoms with van der Waals surface area (Å²) >= 11 is 0. The number of para-hydroxylation sites is 1. The van der Waals surface area contributed by atoms with Gasteiger partial charge in [0.2, 0.25) is 0 Å². The number of rotatable bonds is 7. The predicted octanol–water partition coefficient (Wildman–Crippen LogP) is 15.6. The van der Waals surface area contributed by atoms with E-state index in [0.29, 0.717) is 0 Å². The molecule has 0 bridgehead atoms. The van der Waals surface area contributed by atoms with Gasteiger partial charge in [-0.3, -0.25) is 0 Å². The van der Waals surface area contributed by atoms with Crippen molar-refractivity contribution in [1.82, 2.24) is 4.57 Å². The van der Waals surface area contributed by atoms with Gasteiger partial charge in [-0.15, -0.1) is 0 Å². The molecule has 0 fully saturated rings. The summed E-state index contributed by atoms with van der Waals surface area (Å²) in [7, 11) is 0. The van der Waals surface area contributed by atoms with E-state index in [0.717, 1.165) is 22.7 Å². The Balaban J connectivity index is 1.14. The number of hydrogen-bond acceptors (Lipinski definition) is 1. The zero-order chi connectivity index (χ0) is 38.4. The number of nitrogens with zero attached hydrogens (tertiary/aromatic N) is 2. The van der Waals surface area contributed by atoms with Crippen molar-refractivity contribution < 1.29 is 0 Å². The van der Waals surface area contributed by atoms with E-state index in [4.69, 9.17) is 0 Å². The average molecular weight is 739 g/mol. The highest BCUT2D eigenvalue weighted by atomic mass is 15.1. The third-order valence-electron chi connectivity index (χ3n) is 11.5. The molecule has 0 saturated carbocycles. The van der Waals surface area contributed by atoms with Crippen molar-refractivity contribution in [3.8, 4) is 39.2 Å². The predicted molar refractivity (Wildman–Crippen MR) is 247 cm³/mol. The Morgan fingerprint density at radius 2 is 0.914 bits per heavy atom. The fraction of sp³-hybridized carbons (Fsp3) is 0. The van der Waals surface area contributed by atoms with Crippen LogP contribution in [0.3, 0.4) is 0 Å². The molecule has 1 heterocycles. The molecule has 11 rings (SSSR count). The van der Waals surface area contributed by atoms with Crippen LogP contribution < -0.4 is 4.90 Å². The van der Waals surface area contributed by atoms with Crippen LogP contribution in [-0.4, -0.2) is 4.57 Å². The van der Waals surface area contributed by atoms with Crippen LogP contribution in [-0.2, 0) is 0 Å². The summed E-state index contributed by atoms with van der Waals surface area (Å²) < 4.78 is 2.51. The van der Waals surface area contributed by atoms with Crippen molar-refractivity contribution in [2.24, 2.45) is 0 Å². The summed E-state index contributed by atoms with van der Waals surface area (Å²) in [6.45, 7) is 0. The molecule has 0 spiro atoms. The second-order valence-electron chi connectivity index (χ2n) is 14.9.